The highest BCUT2D eigenvalue weighted by molar-refractivity contribution is 5.91. The highest BCUT2D eigenvalue weighted by atomic mass is 16.5. The number of hydrogen-bond acceptors (Lipinski definition) is 4. The lowest BCUT2D eigenvalue weighted by molar-refractivity contribution is -0.0158. The number of aryl methyl sites for hydroxylation is 1. The van der Waals surface area contributed by atoms with Gasteiger partial charge in [0, 0.05) is 5.56 Å². The van der Waals surface area contributed by atoms with Gasteiger partial charge in [0.25, 0.3) is 0 Å². The first-order chi connectivity index (χ1) is 9.11. The second-order valence-electron chi connectivity index (χ2n) is 5.28. The topological polar surface area (TPSA) is 77.5 Å². The van der Waals surface area contributed by atoms with Crippen LogP contribution in [-0.4, -0.2) is 12.0 Å². The van der Waals surface area contributed by atoms with Gasteiger partial charge in [0.2, 0.25) is 0 Å². The Hall–Kier alpha value is -1.33. The molecule has 1 fully saturated rings. The van der Waals surface area contributed by atoms with Crippen molar-refractivity contribution in [2.75, 3.05) is 0 Å². The van der Waals surface area contributed by atoms with Gasteiger partial charge < -0.3 is 9.15 Å². The van der Waals surface area contributed by atoms with E-state index in [-0.39, 0.29) is 5.76 Å². The van der Waals surface area contributed by atoms with E-state index in [0.717, 1.165) is 12.0 Å². The Morgan fingerprint density at radius 1 is 1.53 bits per heavy atom. The van der Waals surface area contributed by atoms with Crippen molar-refractivity contribution in [1.82, 2.24) is 5.43 Å². The van der Waals surface area contributed by atoms with Gasteiger partial charge in [0.1, 0.15) is 5.76 Å². The summed E-state index contributed by atoms with van der Waals surface area (Å²) >= 11 is 0. The average Bonchev–Trinajstić information content (AvgIpc) is 2.78. The Balaban J connectivity index is 1.95. The molecule has 1 aromatic heterocycles. The lowest BCUT2D eigenvalue weighted by atomic mass is 9.88. The van der Waals surface area contributed by atoms with Gasteiger partial charge in [-0.25, -0.2) is 5.84 Å². The number of nitrogens with one attached hydrogen (secondary N) is 1. The van der Waals surface area contributed by atoms with Gasteiger partial charge in [-0.3, -0.25) is 10.2 Å². The van der Waals surface area contributed by atoms with Gasteiger partial charge in [0.05, 0.1) is 12.7 Å². The molecule has 0 aliphatic heterocycles. The summed E-state index contributed by atoms with van der Waals surface area (Å²) < 4.78 is 11.3. The van der Waals surface area contributed by atoms with Crippen LogP contribution in [0.4, 0.5) is 0 Å². The monoisotopic (exact) mass is 266 g/mol. The van der Waals surface area contributed by atoms with E-state index in [9.17, 15) is 4.79 Å². The van der Waals surface area contributed by atoms with Crippen LogP contribution in [0.25, 0.3) is 0 Å². The molecule has 0 bridgehead atoms. The minimum atomic E-state index is -0.416. The molecular weight excluding hydrogens is 244 g/mol. The number of rotatable bonds is 4. The molecule has 0 saturated heterocycles. The summed E-state index contributed by atoms with van der Waals surface area (Å²) in [5.74, 6) is 6.21. The molecule has 0 radical (unpaired) electrons. The Labute approximate surface area is 113 Å². The molecule has 19 heavy (non-hydrogen) atoms. The second kappa shape index (κ2) is 6.21. The highest BCUT2D eigenvalue weighted by Gasteiger charge is 2.22. The number of carbonyl (C=O) groups excluding carboxylic acids is 1. The van der Waals surface area contributed by atoms with Crippen LogP contribution in [0.2, 0.25) is 0 Å². The standard InChI is InChI=1S/C14H22N2O3/c1-9-5-3-4-6-12(9)18-8-11-7-13(14(17)16-15)19-10(11)2/h7,9,12H,3-6,8,15H2,1-2H3,(H,16,17). The molecule has 5 heteroatoms. The zero-order valence-corrected chi connectivity index (χ0v) is 11.6. The fourth-order valence-electron chi connectivity index (χ4n) is 2.57. The smallest absolute Gasteiger partial charge is 0.300 e. The molecule has 1 saturated carbocycles. The summed E-state index contributed by atoms with van der Waals surface area (Å²) in [5, 5.41) is 0. The van der Waals surface area contributed by atoms with Crippen LogP contribution in [0.1, 0.15) is 54.5 Å². The Morgan fingerprint density at radius 2 is 2.26 bits per heavy atom. The van der Waals surface area contributed by atoms with E-state index < -0.39 is 5.91 Å². The number of amides is 1. The SMILES string of the molecule is Cc1oc(C(=O)NN)cc1COC1CCCCC1C. The van der Waals surface area contributed by atoms with Gasteiger partial charge in [-0.05, 0) is 31.7 Å². The first-order valence-corrected chi connectivity index (χ1v) is 6.83. The van der Waals surface area contributed by atoms with Crippen LogP contribution in [0, 0.1) is 12.8 Å². The number of ether oxygens (including phenoxy) is 1. The first kappa shape index (κ1) is 14.1. The van der Waals surface area contributed by atoms with Gasteiger partial charge in [-0.1, -0.05) is 19.8 Å². The maximum atomic E-state index is 11.4. The molecule has 106 valence electrons. The molecule has 0 aromatic carbocycles. The summed E-state index contributed by atoms with van der Waals surface area (Å²) in [5.41, 5.74) is 2.97. The van der Waals surface area contributed by atoms with Crippen molar-refractivity contribution >= 4 is 5.91 Å². The molecule has 5 nitrogen and oxygen atoms in total. The van der Waals surface area contributed by atoms with Crippen molar-refractivity contribution in [2.45, 2.75) is 52.2 Å². The van der Waals surface area contributed by atoms with Crippen LogP contribution >= 0.6 is 0 Å². The third-order valence-corrected chi connectivity index (χ3v) is 3.86. The summed E-state index contributed by atoms with van der Waals surface area (Å²) in [4.78, 5) is 11.4. The lowest BCUT2D eigenvalue weighted by Crippen LogP contribution is -2.29. The van der Waals surface area contributed by atoms with E-state index >= 15 is 0 Å². The Kier molecular flexibility index (Phi) is 4.61. The van der Waals surface area contributed by atoms with Crippen LogP contribution in [0.5, 0.6) is 0 Å². The van der Waals surface area contributed by atoms with Gasteiger partial charge in [-0.2, -0.15) is 0 Å². The van der Waals surface area contributed by atoms with Crippen LogP contribution in [-0.2, 0) is 11.3 Å². The predicted octanol–water partition coefficient (Wildman–Crippen LogP) is 2.29. The van der Waals surface area contributed by atoms with E-state index in [1.165, 1.54) is 19.3 Å². The van der Waals surface area contributed by atoms with Crippen molar-refractivity contribution in [2.24, 2.45) is 11.8 Å². The summed E-state index contributed by atoms with van der Waals surface area (Å²) in [6.45, 7) is 4.55. The third-order valence-electron chi connectivity index (χ3n) is 3.86. The number of hydrazine groups is 1. The molecule has 1 heterocycles. The molecule has 1 aliphatic rings. The predicted molar refractivity (Wildman–Crippen MR) is 71.3 cm³/mol. The van der Waals surface area contributed by atoms with E-state index in [1.54, 1.807) is 6.07 Å². The zero-order valence-electron chi connectivity index (χ0n) is 11.6. The fourth-order valence-corrected chi connectivity index (χ4v) is 2.57. The molecule has 3 N–H and O–H groups in total. The molecule has 2 atom stereocenters. The molecule has 0 spiro atoms. The molecular formula is C14H22N2O3. The number of nitrogen functional groups attached to an aromatic ring is 1. The summed E-state index contributed by atoms with van der Waals surface area (Å²) in [6, 6.07) is 1.70. The van der Waals surface area contributed by atoms with Crippen molar-refractivity contribution in [1.29, 1.82) is 0 Å². The number of nitrogens with two attached hydrogens (primary N) is 1. The Bertz CT molecular complexity index is 442. The highest BCUT2D eigenvalue weighted by Crippen LogP contribution is 2.27. The van der Waals surface area contributed by atoms with Crippen LogP contribution < -0.4 is 11.3 Å². The van der Waals surface area contributed by atoms with Gasteiger partial charge in [0.15, 0.2) is 5.76 Å². The first-order valence-electron chi connectivity index (χ1n) is 6.83. The van der Waals surface area contributed by atoms with E-state index in [2.05, 4.69) is 12.3 Å². The van der Waals surface area contributed by atoms with Crippen LogP contribution in [0.15, 0.2) is 10.5 Å². The normalized spacial score (nSPS) is 23.3. The lowest BCUT2D eigenvalue weighted by Gasteiger charge is -2.28. The van der Waals surface area contributed by atoms with Crippen molar-refractivity contribution in [3.8, 4) is 0 Å². The van der Waals surface area contributed by atoms with E-state index in [1.807, 2.05) is 6.92 Å². The third kappa shape index (κ3) is 3.36. The molecule has 1 aromatic rings. The quantitative estimate of drug-likeness (QED) is 0.498. The van der Waals surface area contributed by atoms with E-state index in [4.69, 9.17) is 15.0 Å². The number of hydrogen-bond donors (Lipinski definition) is 2. The van der Waals surface area contributed by atoms with Crippen molar-refractivity contribution in [3.05, 3.63) is 23.2 Å². The summed E-state index contributed by atoms with van der Waals surface area (Å²) in [6.07, 6.45) is 5.20. The maximum absolute atomic E-state index is 11.4. The molecule has 1 amide bonds. The fraction of sp³-hybridized carbons (Fsp3) is 0.643. The van der Waals surface area contributed by atoms with Crippen molar-refractivity contribution in [3.63, 3.8) is 0 Å². The van der Waals surface area contributed by atoms with Crippen LogP contribution in [0.3, 0.4) is 0 Å². The van der Waals surface area contributed by atoms with Crippen molar-refractivity contribution < 1.29 is 13.9 Å². The maximum Gasteiger partial charge on any atom is 0.300 e. The Morgan fingerprint density at radius 3 is 2.95 bits per heavy atom. The largest absolute Gasteiger partial charge is 0.456 e. The second-order valence-corrected chi connectivity index (χ2v) is 5.28. The zero-order chi connectivity index (χ0) is 13.8. The van der Waals surface area contributed by atoms with E-state index in [0.29, 0.717) is 24.4 Å². The molecule has 2 unspecified atom stereocenters. The minimum absolute atomic E-state index is 0.232. The van der Waals surface area contributed by atoms with Gasteiger partial charge >= 0.3 is 5.91 Å². The number of carbonyl (C=O) groups is 1. The number of furan rings is 1. The minimum Gasteiger partial charge on any atom is -0.456 e. The molecule has 1 aliphatic carbocycles. The summed E-state index contributed by atoms with van der Waals surface area (Å²) in [7, 11) is 0. The molecule has 2 rings (SSSR count). The average molecular weight is 266 g/mol. The van der Waals surface area contributed by atoms with Gasteiger partial charge in [-0.15, -0.1) is 0 Å².